The Kier molecular flexibility index (Phi) is 4.12. The fourth-order valence-corrected chi connectivity index (χ4v) is 3.20. The summed E-state index contributed by atoms with van der Waals surface area (Å²) in [6.45, 7) is 3.82. The molecule has 0 aliphatic rings. The quantitative estimate of drug-likeness (QED) is 0.605. The second-order valence-corrected chi connectivity index (χ2v) is 6.16. The summed E-state index contributed by atoms with van der Waals surface area (Å²) in [5.74, 6) is 0.272. The van der Waals surface area contributed by atoms with E-state index >= 15 is 0 Å². The molecule has 4 aromatic rings. The van der Waals surface area contributed by atoms with Gasteiger partial charge in [0.25, 0.3) is 5.91 Å². The van der Waals surface area contributed by atoms with Crippen LogP contribution in [0.25, 0.3) is 28.4 Å². The average Bonchev–Trinajstić information content (AvgIpc) is 3.06. The van der Waals surface area contributed by atoms with Gasteiger partial charge in [-0.05, 0) is 43.2 Å². The zero-order valence-corrected chi connectivity index (χ0v) is 15.0. The van der Waals surface area contributed by atoms with Gasteiger partial charge in [-0.15, -0.1) is 0 Å². The van der Waals surface area contributed by atoms with Gasteiger partial charge in [-0.25, -0.2) is 15.0 Å². The van der Waals surface area contributed by atoms with Gasteiger partial charge in [0, 0.05) is 24.0 Å². The molecule has 0 aromatic carbocycles. The second-order valence-electron chi connectivity index (χ2n) is 6.16. The normalized spacial score (nSPS) is 11.0. The third-order valence-electron chi connectivity index (χ3n) is 4.47. The van der Waals surface area contributed by atoms with Gasteiger partial charge in [0.2, 0.25) is 0 Å². The van der Waals surface area contributed by atoms with Gasteiger partial charge in [-0.1, -0.05) is 13.0 Å². The third-order valence-corrected chi connectivity index (χ3v) is 4.47. The summed E-state index contributed by atoms with van der Waals surface area (Å²) >= 11 is 0. The molecule has 4 heterocycles. The topological polar surface area (TPSA) is 99.6 Å². The number of nitrogens with two attached hydrogens (primary N) is 1. The molecule has 4 aromatic heterocycles. The lowest BCUT2D eigenvalue weighted by Gasteiger charge is -2.12. The van der Waals surface area contributed by atoms with Crippen LogP contribution in [-0.2, 0) is 6.42 Å². The molecule has 2 N–H and O–H groups in total. The lowest BCUT2D eigenvalue weighted by Crippen LogP contribution is -2.19. The molecule has 0 spiro atoms. The van der Waals surface area contributed by atoms with E-state index in [2.05, 4.69) is 26.9 Å². The highest BCUT2D eigenvalue weighted by atomic mass is 16.1. The van der Waals surface area contributed by atoms with Gasteiger partial charge in [0.05, 0.1) is 5.69 Å². The molecule has 134 valence electrons. The first-order valence-electron chi connectivity index (χ1n) is 8.65. The van der Waals surface area contributed by atoms with Crippen molar-refractivity contribution < 1.29 is 4.79 Å². The number of pyridine rings is 2. The Balaban J connectivity index is 2.05. The SMILES string of the molecule is CCc1cn(-c2nc(-c3ccccn3)nc(C)c2C(N)=O)c2ncccc12. The minimum absolute atomic E-state index is 0.278. The van der Waals surface area contributed by atoms with E-state index < -0.39 is 5.91 Å². The van der Waals surface area contributed by atoms with Crippen molar-refractivity contribution in [1.82, 2.24) is 24.5 Å². The van der Waals surface area contributed by atoms with Gasteiger partial charge in [0.1, 0.15) is 16.9 Å². The summed E-state index contributed by atoms with van der Waals surface area (Å²) < 4.78 is 1.81. The van der Waals surface area contributed by atoms with Crippen LogP contribution in [0.2, 0.25) is 0 Å². The summed E-state index contributed by atoms with van der Waals surface area (Å²) in [4.78, 5) is 30.1. The number of rotatable bonds is 4. The number of nitrogens with zero attached hydrogens (tertiary/aromatic N) is 5. The number of aromatic nitrogens is 5. The summed E-state index contributed by atoms with van der Waals surface area (Å²) in [6, 6.07) is 9.42. The molecule has 7 nitrogen and oxygen atoms in total. The molecule has 0 aliphatic carbocycles. The number of amides is 1. The Morgan fingerprint density at radius 2 is 1.93 bits per heavy atom. The van der Waals surface area contributed by atoms with Crippen LogP contribution in [0, 0.1) is 6.92 Å². The van der Waals surface area contributed by atoms with Crippen LogP contribution in [0.5, 0.6) is 0 Å². The monoisotopic (exact) mass is 358 g/mol. The van der Waals surface area contributed by atoms with Gasteiger partial charge < -0.3 is 5.73 Å². The van der Waals surface area contributed by atoms with Gasteiger partial charge in [-0.2, -0.15) is 0 Å². The Bertz CT molecular complexity index is 1150. The standard InChI is InChI=1S/C20H18N6O/c1-3-13-11-26(19-14(13)7-6-10-23-19)20-16(17(21)27)12(2)24-18(25-20)15-8-4-5-9-22-15/h4-11H,3H2,1-2H3,(H2,21,27). The molecule has 27 heavy (non-hydrogen) atoms. The fourth-order valence-electron chi connectivity index (χ4n) is 3.20. The molecule has 0 saturated carbocycles. The van der Waals surface area contributed by atoms with Crippen molar-refractivity contribution in [2.45, 2.75) is 20.3 Å². The number of hydrogen-bond donors (Lipinski definition) is 1. The highest BCUT2D eigenvalue weighted by molar-refractivity contribution is 5.98. The molecule has 4 rings (SSSR count). The molecular weight excluding hydrogens is 340 g/mol. The van der Waals surface area contributed by atoms with Crippen LogP contribution >= 0.6 is 0 Å². The largest absolute Gasteiger partial charge is 0.365 e. The van der Waals surface area contributed by atoms with E-state index in [1.807, 2.05) is 41.1 Å². The van der Waals surface area contributed by atoms with Crippen molar-refractivity contribution in [2.75, 3.05) is 0 Å². The van der Waals surface area contributed by atoms with E-state index in [0.717, 1.165) is 23.0 Å². The Morgan fingerprint density at radius 1 is 1.11 bits per heavy atom. The molecule has 1 amide bonds. The predicted octanol–water partition coefficient (Wildman–Crippen LogP) is 2.85. The number of hydrogen-bond acceptors (Lipinski definition) is 5. The summed E-state index contributed by atoms with van der Waals surface area (Å²) in [6.07, 6.45) is 6.18. The number of carbonyl (C=O) groups excluding carboxylic acids is 1. The van der Waals surface area contributed by atoms with Crippen LogP contribution in [0.3, 0.4) is 0 Å². The van der Waals surface area contributed by atoms with Crippen molar-refractivity contribution >= 4 is 16.9 Å². The molecule has 0 unspecified atom stereocenters. The van der Waals surface area contributed by atoms with Gasteiger partial charge >= 0.3 is 0 Å². The molecule has 0 radical (unpaired) electrons. The molecule has 0 bridgehead atoms. The van der Waals surface area contributed by atoms with E-state index in [4.69, 9.17) is 5.73 Å². The highest BCUT2D eigenvalue weighted by Crippen LogP contribution is 2.27. The van der Waals surface area contributed by atoms with Gasteiger partial charge in [0.15, 0.2) is 11.6 Å². The Hall–Kier alpha value is -3.61. The van der Waals surface area contributed by atoms with Crippen molar-refractivity contribution in [1.29, 1.82) is 0 Å². The third kappa shape index (κ3) is 2.83. The van der Waals surface area contributed by atoms with Crippen LogP contribution < -0.4 is 5.73 Å². The van der Waals surface area contributed by atoms with E-state index in [0.29, 0.717) is 23.0 Å². The summed E-state index contributed by atoms with van der Waals surface area (Å²) in [5.41, 5.74) is 8.90. The van der Waals surface area contributed by atoms with Crippen molar-refractivity contribution in [2.24, 2.45) is 5.73 Å². The fraction of sp³-hybridized carbons (Fsp3) is 0.150. The Morgan fingerprint density at radius 3 is 2.63 bits per heavy atom. The van der Waals surface area contributed by atoms with Crippen molar-refractivity contribution in [3.63, 3.8) is 0 Å². The average molecular weight is 358 g/mol. The second kappa shape index (κ2) is 6.60. The molecule has 0 atom stereocenters. The van der Waals surface area contributed by atoms with Crippen molar-refractivity contribution in [3.05, 3.63) is 65.7 Å². The Labute approximate surface area is 155 Å². The first-order valence-corrected chi connectivity index (χ1v) is 8.65. The smallest absolute Gasteiger partial charge is 0.254 e. The maximum Gasteiger partial charge on any atom is 0.254 e. The molecule has 0 aliphatic heterocycles. The summed E-state index contributed by atoms with van der Waals surface area (Å²) in [7, 11) is 0. The minimum Gasteiger partial charge on any atom is -0.365 e. The zero-order chi connectivity index (χ0) is 19.0. The number of carbonyl (C=O) groups is 1. The lowest BCUT2D eigenvalue weighted by molar-refractivity contribution is 0.0999. The maximum atomic E-state index is 12.2. The molecule has 0 saturated heterocycles. The lowest BCUT2D eigenvalue weighted by atomic mass is 10.2. The zero-order valence-electron chi connectivity index (χ0n) is 15.0. The number of primary amides is 1. The predicted molar refractivity (Wildman–Crippen MR) is 103 cm³/mol. The number of aryl methyl sites for hydroxylation is 2. The van der Waals surface area contributed by atoms with E-state index in [-0.39, 0.29) is 5.56 Å². The van der Waals surface area contributed by atoms with E-state index in [1.165, 1.54) is 0 Å². The summed E-state index contributed by atoms with van der Waals surface area (Å²) in [5, 5.41) is 1.02. The van der Waals surface area contributed by atoms with E-state index in [1.54, 1.807) is 19.3 Å². The minimum atomic E-state index is -0.578. The van der Waals surface area contributed by atoms with Crippen LogP contribution in [0.4, 0.5) is 0 Å². The molecular formula is C20H18N6O. The van der Waals surface area contributed by atoms with E-state index in [9.17, 15) is 4.79 Å². The van der Waals surface area contributed by atoms with Crippen LogP contribution in [0.1, 0.15) is 28.5 Å². The van der Waals surface area contributed by atoms with Crippen LogP contribution in [-0.4, -0.2) is 30.4 Å². The first-order chi connectivity index (χ1) is 13.1. The van der Waals surface area contributed by atoms with Crippen molar-refractivity contribution in [3.8, 4) is 17.3 Å². The molecule has 7 heteroatoms. The highest BCUT2D eigenvalue weighted by Gasteiger charge is 2.21. The van der Waals surface area contributed by atoms with Gasteiger partial charge in [-0.3, -0.25) is 14.3 Å². The number of fused-ring (bicyclic) bond motifs is 1. The maximum absolute atomic E-state index is 12.2. The molecule has 0 fully saturated rings. The van der Waals surface area contributed by atoms with Crippen LogP contribution in [0.15, 0.2) is 48.9 Å². The first kappa shape index (κ1) is 16.8.